The van der Waals surface area contributed by atoms with Crippen LogP contribution in [-0.4, -0.2) is 15.5 Å². The first-order valence-electron chi connectivity index (χ1n) is 9.48. The third-order valence-corrected chi connectivity index (χ3v) is 4.77. The summed E-state index contributed by atoms with van der Waals surface area (Å²) in [6.07, 6.45) is 4.83. The Hall–Kier alpha value is -2.62. The van der Waals surface area contributed by atoms with Crippen molar-refractivity contribution in [3.63, 3.8) is 0 Å². The number of carbonyl (C=O) groups excluding carboxylic acids is 1. The molecule has 0 radical (unpaired) electrons. The quantitative estimate of drug-likeness (QED) is 0.591. The van der Waals surface area contributed by atoms with Gasteiger partial charge in [0.2, 0.25) is 0 Å². The van der Waals surface area contributed by atoms with Crippen LogP contribution in [0.25, 0.3) is 11.0 Å². The van der Waals surface area contributed by atoms with Gasteiger partial charge in [-0.3, -0.25) is 4.79 Å². The fourth-order valence-electron chi connectivity index (χ4n) is 3.29. The number of aromatic nitrogens is 2. The van der Waals surface area contributed by atoms with Gasteiger partial charge in [0.1, 0.15) is 5.82 Å². The van der Waals surface area contributed by atoms with E-state index >= 15 is 0 Å². The average molecular weight is 349 g/mol. The van der Waals surface area contributed by atoms with Crippen LogP contribution in [0, 0.1) is 6.92 Å². The average Bonchev–Trinajstić information content (AvgIpc) is 3.01. The Balaban J connectivity index is 1.76. The molecule has 0 aliphatic rings. The Bertz CT molecular complexity index is 882. The van der Waals surface area contributed by atoms with Crippen molar-refractivity contribution < 1.29 is 4.79 Å². The number of hydrogen-bond donors (Lipinski definition) is 1. The van der Waals surface area contributed by atoms with Crippen molar-refractivity contribution in [2.75, 3.05) is 0 Å². The Labute approximate surface area is 155 Å². The molecular weight excluding hydrogens is 322 g/mol. The first-order chi connectivity index (χ1) is 12.7. The number of amides is 1. The first-order valence-corrected chi connectivity index (χ1v) is 9.48. The summed E-state index contributed by atoms with van der Waals surface area (Å²) in [7, 11) is 0. The number of unbranched alkanes of at least 4 members (excludes halogenated alkanes) is 3. The molecule has 4 heteroatoms. The molecule has 1 amide bonds. The first kappa shape index (κ1) is 18.2. The van der Waals surface area contributed by atoms with Crippen molar-refractivity contribution in [3.8, 4) is 0 Å². The van der Waals surface area contributed by atoms with E-state index in [0.29, 0.717) is 6.54 Å². The second-order valence-corrected chi connectivity index (χ2v) is 6.73. The van der Waals surface area contributed by atoms with Gasteiger partial charge in [-0.1, -0.05) is 56.5 Å². The van der Waals surface area contributed by atoms with E-state index < -0.39 is 0 Å². The summed E-state index contributed by atoms with van der Waals surface area (Å²) in [5, 5.41) is 3.04. The second-order valence-electron chi connectivity index (χ2n) is 6.73. The van der Waals surface area contributed by atoms with Crippen LogP contribution in [0.15, 0.2) is 48.5 Å². The zero-order valence-electron chi connectivity index (χ0n) is 15.7. The van der Waals surface area contributed by atoms with Crippen LogP contribution < -0.4 is 5.32 Å². The number of rotatable bonds is 8. The predicted octanol–water partition coefficient (Wildman–Crippen LogP) is 4.86. The lowest BCUT2D eigenvalue weighted by atomic mass is 10.1. The third kappa shape index (κ3) is 4.13. The van der Waals surface area contributed by atoms with Crippen molar-refractivity contribution in [2.45, 2.75) is 52.6 Å². The highest BCUT2D eigenvalue weighted by Crippen LogP contribution is 2.18. The van der Waals surface area contributed by atoms with Crippen molar-refractivity contribution >= 4 is 16.9 Å². The Kier molecular flexibility index (Phi) is 6.05. The zero-order chi connectivity index (χ0) is 18.4. The molecule has 0 saturated carbocycles. The van der Waals surface area contributed by atoms with Gasteiger partial charge < -0.3 is 9.88 Å². The van der Waals surface area contributed by atoms with Gasteiger partial charge in [0.25, 0.3) is 5.91 Å². The smallest absolute Gasteiger partial charge is 0.251 e. The molecular formula is C22H27N3O. The van der Waals surface area contributed by atoms with Gasteiger partial charge in [0.05, 0.1) is 17.6 Å². The minimum Gasteiger partial charge on any atom is -0.345 e. The normalized spacial score (nSPS) is 11.0. The predicted molar refractivity (Wildman–Crippen MR) is 106 cm³/mol. The molecule has 1 heterocycles. The van der Waals surface area contributed by atoms with Gasteiger partial charge in [-0.25, -0.2) is 4.98 Å². The number of para-hydroxylation sites is 2. The fourth-order valence-corrected chi connectivity index (χ4v) is 3.29. The molecule has 4 nitrogen and oxygen atoms in total. The van der Waals surface area contributed by atoms with Gasteiger partial charge >= 0.3 is 0 Å². The number of hydrogen-bond acceptors (Lipinski definition) is 2. The third-order valence-electron chi connectivity index (χ3n) is 4.77. The highest BCUT2D eigenvalue weighted by atomic mass is 16.1. The lowest BCUT2D eigenvalue weighted by molar-refractivity contribution is 0.0949. The summed E-state index contributed by atoms with van der Waals surface area (Å²) in [6.45, 7) is 5.56. The molecule has 26 heavy (non-hydrogen) atoms. The van der Waals surface area contributed by atoms with Crippen molar-refractivity contribution in [1.29, 1.82) is 0 Å². The molecule has 0 fully saturated rings. The molecule has 136 valence electrons. The molecule has 0 spiro atoms. The van der Waals surface area contributed by atoms with Crippen LogP contribution in [0.4, 0.5) is 0 Å². The van der Waals surface area contributed by atoms with Crippen LogP contribution in [0.3, 0.4) is 0 Å². The minimum atomic E-state index is -0.0484. The van der Waals surface area contributed by atoms with Gasteiger partial charge in [-0.15, -0.1) is 0 Å². The van der Waals surface area contributed by atoms with Crippen molar-refractivity contribution in [1.82, 2.24) is 14.9 Å². The number of imidazole rings is 1. The number of nitrogens with zero attached hydrogens (tertiary/aromatic N) is 2. The van der Waals surface area contributed by atoms with Crippen molar-refractivity contribution in [2.24, 2.45) is 0 Å². The van der Waals surface area contributed by atoms with Crippen LogP contribution in [0.5, 0.6) is 0 Å². The molecule has 3 rings (SSSR count). The highest BCUT2D eigenvalue weighted by Gasteiger charge is 2.13. The van der Waals surface area contributed by atoms with Crippen LogP contribution in [-0.2, 0) is 13.1 Å². The van der Waals surface area contributed by atoms with Crippen LogP contribution >= 0.6 is 0 Å². The highest BCUT2D eigenvalue weighted by molar-refractivity contribution is 5.95. The van der Waals surface area contributed by atoms with E-state index in [1.54, 1.807) is 0 Å². The minimum absolute atomic E-state index is 0.0484. The molecule has 1 aromatic heterocycles. The van der Waals surface area contributed by atoms with Gasteiger partial charge in [0.15, 0.2) is 0 Å². The molecule has 2 aromatic carbocycles. The Morgan fingerprint density at radius 2 is 1.81 bits per heavy atom. The van der Waals surface area contributed by atoms with E-state index in [0.717, 1.165) is 41.0 Å². The summed E-state index contributed by atoms with van der Waals surface area (Å²) < 4.78 is 2.25. The van der Waals surface area contributed by atoms with E-state index in [4.69, 9.17) is 4.98 Å². The number of benzene rings is 2. The molecule has 0 aliphatic heterocycles. The largest absolute Gasteiger partial charge is 0.345 e. The number of nitrogens with one attached hydrogen (secondary N) is 1. The van der Waals surface area contributed by atoms with Crippen LogP contribution in [0.1, 0.15) is 54.4 Å². The lowest BCUT2D eigenvalue weighted by Gasteiger charge is -2.11. The summed E-state index contributed by atoms with van der Waals surface area (Å²) in [5.41, 5.74) is 3.84. The van der Waals surface area contributed by atoms with E-state index in [9.17, 15) is 4.79 Å². The zero-order valence-corrected chi connectivity index (χ0v) is 15.7. The van der Waals surface area contributed by atoms with Crippen LogP contribution in [0.2, 0.25) is 0 Å². The molecule has 0 atom stereocenters. The summed E-state index contributed by atoms with van der Waals surface area (Å²) in [4.78, 5) is 17.3. The molecule has 0 saturated heterocycles. The van der Waals surface area contributed by atoms with E-state index in [1.807, 2.05) is 49.4 Å². The van der Waals surface area contributed by atoms with E-state index in [1.165, 1.54) is 19.3 Å². The van der Waals surface area contributed by atoms with E-state index in [2.05, 4.69) is 22.9 Å². The monoisotopic (exact) mass is 349 g/mol. The Morgan fingerprint density at radius 3 is 2.62 bits per heavy atom. The molecule has 0 unspecified atom stereocenters. The summed E-state index contributed by atoms with van der Waals surface area (Å²) >= 11 is 0. The second kappa shape index (κ2) is 8.65. The van der Waals surface area contributed by atoms with E-state index in [-0.39, 0.29) is 5.91 Å². The maximum Gasteiger partial charge on any atom is 0.251 e. The standard InChI is InChI=1S/C22H27N3O/c1-3-4-5-10-15-25-20-14-9-8-13-19(20)24-21(25)16-23-22(26)18-12-7-6-11-17(18)2/h6-9,11-14H,3-5,10,15-16H2,1-2H3,(H,23,26). The number of aryl methyl sites for hydroxylation is 2. The summed E-state index contributed by atoms with van der Waals surface area (Å²) in [6, 6.07) is 15.8. The van der Waals surface area contributed by atoms with Gasteiger partial charge in [-0.05, 0) is 37.1 Å². The maximum absolute atomic E-state index is 12.5. The number of carbonyl (C=O) groups is 1. The molecule has 0 bridgehead atoms. The lowest BCUT2D eigenvalue weighted by Crippen LogP contribution is -2.25. The van der Waals surface area contributed by atoms with Gasteiger partial charge in [0, 0.05) is 12.1 Å². The maximum atomic E-state index is 12.5. The topological polar surface area (TPSA) is 46.9 Å². The van der Waals surface area contributed by atoms with Crippen molar-refractivity contribution in [3.05, 3.63) is 65.5 Å². The Morgan fingerprint density at radius 1 is 1.04 bits per heavy atom. The molecule has 0 aliphatic carbocycles. The SMILES string of the molecule is CCCCCCn1c(CNC(=O)c2ccccc2C)nc2ccccc21. The fraction of sp³-hybridized carbons (Fsp3) is 0.364. The number of fused-ring (bicyclic) bond motifs is 1. The molecule has 3 aromatic rings. The summed E-state index contributed by atoms with van der Waals surface area (Å²) in [5.74, 6) is 0.873. The molecule has 1 N–H and O–H groups in total. The van der Waals surface area contributed by atoms with Gasteiger partial charge in [-0.2, -0.15) is 0 Å².